The number of nitrogens with zero attached hydrogens (tertiary/aromatic N) is 1. The van der Waals surface area contributed by atoms with E-state index in [0.717, 1.165) is 25.2 Å². The first-order valence-corrected chi connectivity index (χ1v) is 7.10. The Morgan fingerprint density at radius 3 is 2.65 bits per heavy atom. The van der Waals surface area contributed by atoms with Gasteiger partial charge in [0.15, 0.2) is 0 Å². The Morgan fingerprint density at radius 1 is 1.30 bits per heavy atom. The van der Waals surface area contributed by atoms with Gasteiger partial charge in [0, 0.05) is 18.2 Å². The van der Waals surface area contributed by atoms with Gasteiger partial charge < -0.3 is 10.1 Å². The van der Waals surface area contributed by atoms with Gasteiger partial charge in [-0.3, -0.25) is 10.1 Å². The molecule has 0 aliphatic heterocycles. The Labute approximate surface area is 119 Å². The highest BCUT2D eigenvalue weighted by Gasteiger charge is 2.26. The maximum absolute atomic E-state index is 11.1. The molecule has 0 spiro atoms. The van der Waals surface area contributed by atoms with Gasteiger partial charge in [0.2, 0.25) is 0 Å². The summed E-state index contributed by atoms with van der Waals surface area (Å²) in [6, 6.07) is 5.12. The third-order valence-corrected chi connectivity index (χ3v) is 4.36. The first-order chi connectivity index (χ1) is 9.51. The Hall–Kier alpha value is -1.78. The van der Waals surface area contributed by atoms with Gasteiger partial charge in [0.25, 0.3) is 5.69 Å². The molecule has 1 aliphatic carbocycles. The van der Waals surface area contributed by atoms with E-state index < -0.39 is 0 Å². The highest BCUT2D eigenvalue weighted by Crippen LogP contribution is 2.34. The predicted molar refractivity (Wildman–Crippen MR) is 79.2 cm³/mol. The molecule has 1 saturated carbocycles. The first-order valence-electron chi connectivity index (χ1n) is 7.10. The normalized spacial score (nSPS) is 26.1. The second-order valence-electron chi connectivity index (χ2n) is 5.75. The van der Waals surface area contributed by atoms with Crippen molar-refractivity contribution in [2.45, 2.75) is 39.2 Å². The summed E-state index contributed by atoms with van der Waals surface area (Å²) in [6.07, 6.45) is 3.27. The minimum Gasteiger partial charge on any atom is -0.497 e. The van der Waals surface area contributed by atoms with Gasteiger partial charge in [0.1, 0.15) is 11.4 Å². The molecule has 3 unspecified atom stereocenters. The lowest BCUT2D eigenvalue weighted by Crippen LogP contribution is -2.30. The van der Waals surface area contributed by atoms with Crippen LogP contribution in [-0.2, 0) is 0 Å². The lowest BCUT2D eigenvalue weighted by atomic mass is 9.79. The summed E-state index contributed by atoms with van der Waals surface area (Å²) in [5.74, 6) is 2.01. The van der Waals surface area contributed by atoms with Crippen LogP contribution in [0.25, 0.3) is 0 Å². The number of hydrogen-bond acceptors (Lipinski definition) is 4. The maximum atomic E-state index is 11.1. The fourth-order valence-electron chi connectivity index (χ4n) is 2.82. The van der Waals surface area contributed by atoms with Crippen LogP contribution in [0.2, 0.25) is 0 Å². The number of nitro groups is 1. The summed E-state index contributed by atoms with van der Waals surface area (Å²) >= 11 is 0. The zero-order valence-electron chi connectivity index (χ0n) is 12.3. The molecule has 1 aromatic carbocycles. The zero-order chi connectivity index (χ0) is 14.7. The number of benzene rings is 1. The van der Waals surface area contributed by atoms with E-state index in [4.69, 9.17) is 4.74 Å². The van der Waals surface area contributed by atoms with Crippen LogP contribution < -0.4 is 10.1 Å². The summed E-state index contributed by atoms with van der Waals surface area (Å²) in [4.78, 5) is 10.8. The second-order valence-corrected chi connectivity index (χ2v) is 5.75. The summed E-state index contributed by atoms with van der Waals surface area (Å²) in [5.41, 5.74) is 0.665. The van der Waals surface area contributed by atoms with Crippen molar-refractivity contribution >= 4 is 11.4 Å². The van der Waals surface area contributed by atoms with Gasteiger partial charge in [-0.15, -0.1) is 0 Å². The van der Waals surface area contributed by atoms with Crippen molar-refractivity contribution in [3.8, 4) is 5.75 Å². The number of ether oxygens (including phenoxy) is 1. The van der Waals surface area contributed by atoms with Crippen molar-refractivity contribution in [2.24, 2.45) is 11.8 Å². The fourth-order valence-corrected chi connectivity index (χ4v) is 2.82. The highest BCUT2D eigenvalue weighted by atomic mass is 16.6. The van der Waals surface area contributed by atoms with Gasteiger partial charge in [-0.05, 0) is 37.2 Å². The molecule has 0 aromatic heterocycles. The number of methoxy groups -OCH3 is 1. The van der Waals surface area contributed by atoms with E-state index in [1.165, 1.54) is 6.07 Å². The van der Waals surface area contributed by atoms with E-state index >= 15 is 0 Å². The van der Waals surface area contributed by atoms with E-state index in [1.54, 1.807) is 19.2 Å². The van der Waals surface area contributed by atoms with E-state index in [0.29, 0.717) is 23.4 Å². The van der Waals surface area contributed by atoms with Crippen molar-refractivity contribution in [3.05, 3.63) is 28.3 Å². The Morgan fingerprint density at radius 2 is 2.05 bits per heavy atom. The molecule has 5 heteroatoms. The molecule has 0 radical (unpaired) electrons. The SMILES string of the molecule is COc1ccc([N+](=O)[O-])c(NC2CCC(C)C(C)C2)c1. The number of nitrogens with one attached hydrogen (secondary N) is 1. The molecule has 0 bridgehead atoms. The molecule has 0 saturated heterocycles. The van der Waals surface area contributed by atoms with Gasteiger partial charge >= 0.3 is 0 Å². The average molecular weight is 278 g/mol. The van der Waals surface area contributed by atoms with Crippen LogP contribution in [0.5, 0.6) is 5.75 Å². The van der Waals surface area contributed by atoms with Crippen LogP contribution in [0, 0.1) is 22.0 Å². The number of nitro benzene ring substituents is 1. The van der Waals surface area contributed by atoms with Crippen molar-refractivity contribution in [3.63, 3.8) is 0 Å². The second kappa shape index (κ2) is 6.11. The monoisotopic (exact) mass is 278 g/mol. The fraction of sp³-hybridized carbons (Fsp3) is 0.600. The molecule has 5 nitrogen and oxygen atoms in total. The lowest BCUT2D eigenvalue weighted by Gasteiger charge is -2.33. The highest BCUT2D eigenvalue weighted by molar-refractivity contribution is 5.64. The smallest absolute Gasteiger partial charge is 0.292 e. The average Bonchev–Trinajstić information content (AvgIpc) is 2.42. The van der Waals surface area contributed by atoms with Gasteiger partial charge in [-0.2, -0.15) is 0 Å². The standard InChI is InChI=1S/C15H22N2O3/c1-10-4-5-12(8-11(10)2)16-14-9-13(20-3)6-7-15(14)17(18)19/h6-7,9-12,16H,4-5,8H2,1-3H3. The van der Waals surface area contributed by atoms with Crippen molar-refractivity contribution in [2.75, 3.05) is 12.4 Å². The van der Waals surface area contributed by atoms with E-state index in [2.05, 4.69) is 19.2 Å². The lowest BCUT2D eigenvalue weighted by molar-refractivity contribution is -0.384. The third-order valence-electron chi connectivity index (χ3n) is 4.36. The molecular weight excluding hydrogens is 256 g/mol. The maximum Gasteiger partial charge on any atom is 0.292 e. The topological polar surface area (TPSA) is 64.4 Å². The molecule has 0 heterocycles. The van der Waals surface area contributed by atoms with Crippen molar-refractivity contribution in [1.29, 1.82) is 0 Å². The Kier molecular flexibility index (Phi) is 4.47. The molecular formula is C15H22N2O3. The predicted octanol–water partition coefficient (Wildman–Crippen LogP) is 3.84. The molecule has 2 rings (SSSR count). The van der Waals surface area contributed by atoms with Crippen molar-refractivity contribution < 1.29 is 9.66 Å². The minimum absolute atomic E-state index is 0.108. The van der Waals surface area contributed by atoms with Crippen LogP contribution in [0.4, 0.5) is 11.4 Å². The van der Waals surface area contributed by atoms with Crippen LogP contribution in [0.1, 0.15) is 33.1 Å². The van der Waals surface area contributed by atoms with Crippen LogP contribution in [0.15, 0.2) is 18.2 Å². The van der Waals surface area contributed by atoms with Gasteiger partial charge in [-0.1, -0.05) is 13.8 Å². The molecule has 1 N–H and O–H groups in total. The van der Waals surface area contributed by atoms with E-state index in [9.17, 15) is 10.1 Å². The Balaban J connectivity index is 2.17. The number of anilines is 1. The summed E-state index contributed by atoms with van der Waals surface area (Å²) in [7, 11) is 1.56. The first kappa shape index (κ1) is 14.6. The minimum atomic E-state index is -0.351. The number of rotatable bonds is 4. The largest absolute Gasteiger partial charge is 0.497 e. The van der Waals surface area contributed by atoms with Crippen LogP contribution in [-0.4, -0.2) is 18.1 Å². The third kappa shape index (κ3) is 3.21. The van der Waals surface area contributed by atoms with Crippen LogP contribution in [0.3, 0.4) is 0 Å². The van der Waals surface area contributed by atoms with E-state index in [1.807, 2.05) is 0 Å². The molecule has 20 heavy (non-hydrogen) atoms. The van der Waals surface area contributed by atoms with E-state index in [-0.39, 0.29) is 10.6 Å². The van der Waals surface area contributed by atoms with Gasteiger partial charge in [0.05, 0.1) is 12.0 Å². The Bertz CT molecular complexity index is 490. The quantitative estimate of drug-likeness (QED) is 0.671. The van der Waals surface area contributed by atoms with Crippen LogP contribution >= 0.6 is 0 Å². The molecule has 1 aromatic rings. The zero-order valence-corrected chi connectivity index (χ0v) is 12.3. The molecule has 1 fully saturated rings. The number of hydrogen-bond donors (Lipinski definition) is 1. The summed E-state index contributed by atoms with van der Waals surface area (Å²) in [6.45, 7) is 4.52. The molecule has 3 atom stereocenters. The van der Waals surface area contributed by atoms with Gasteiger partial charge in [-0.25, -0.2) is 0 Å². The molecule has 1 aliphatic rings. The molecule has 110 valence electrons. The summed E-state index contributed by atoms with van der Waals surface area (Å²) in [5, 5.41) is 14.4. The summed E-state index contributed by atoms with van der Waals surface area (Å²) < 4.78 is 5.15. The molecule has 0 amide bonds. The van der Waals surface area contributed by atoms with Crippen molar-refractivity contribution in [1.82, 2.24) is 0 Å².